The molecule has 10 atom stereocenters. The molecule has 0 radical (unpaired) electrons. The van der Waals surface area contributed by atoms with Crippen molar-refractivity contribution >= 4 is 17.7 Å². The van der Waals surface area contributed by atoms with Crippen molar-refractivity contribution in [2.45, 2.75) is 12.2 Å². The number of hydrogen-bond acceptors (Lipinski definition) is 7. The quantitative estimate of drug-likeness (QED) is 0.493. The molecule has 9 rings (SSSR count). The number of ketones is 1. The smallest absolute Gasteiger partial charge is 0.334 e. The first-order chi connectivity index (χ1) is 14.5. The lowest BCUT2D eigenvalue weighted by Gasteiger charge is -2.75. The van der Waals surface area contributed by atoms with E-state index in [0.29, 0.717) is 42.1 Å². The van der Waals surface area contributed by atoms with Gasteiger partial charge in [-0.25, -0.2) is 9.59 Å². The molecule has 7 heteroatoms. The molecular weight excluding hydrogens is 388 g/mol. The van der Waals surface area contributed by atoms with Crippen molar-refractivity contribution in [3.8, 4) is 0 Å². The average Bonchev–Trinajstić information content (AvgIpc) is 3.47. The van der Waals surface area contributed by atoms with E-state index >= 15 is 0 Å². The normalized spacial score (nSPS) is 55.6. The Labute approximate surface area is 172 Å². The highest BCUT2D eigenvalue weighted by molar-refractivity contribution is 6.07. The average molecular weight is 410 g/mol. The van der Waals surface area contributed by atoms with Gasteiger partial charge in [-0.3, -0.25) is 4.79 Å². The monoisotopic (exact) mass is 410 g/mol. The fourth-order valence-corrected chi connectivity index (χ4v) is 10.8. The molecule has 0 unspecified atom stereocenters. The molecule has 6 fully saturated rings. The molecular formula is C23H22O7. The van der Waals surface area contributed by atoms with Crippen LogP contribution in [0.15, 0.2) is 23.3 Å². The summed E-state index contributed by atoms with van der Waals surface area (Å²) in [7, 11) is 2.66. The number of Topliss-reactive ketones (excluding diaryl/α,β-unsaturated/α-hetero) is 1. The summed E-state index contributed by atoms with van der Waals surface area (Å²) in [5.74, 6) is -1.20. The minimum absolute atomic E-state index is 0.0433. The van der Waals surface area contributed by atoms with Crippen molar-refractivity contribution in [1.82, 2.24) is 0 Å². The Balaban J connectivity index is 1.50. The molecule has 3 spiro atoms. The Morgan fingerprint density at radius 2 is 1.57 bits per heavy atom. The molecule has 0 N–H and O–H groups in total. The van der Waals surface area contributed by atoms with Crippen LogP contribution in [0.25, 0.3) is 0 Å². The number of carbonyl (C=O) groups excluding carboxylic acids is 3. The number of rotatable bonds is 2. The van der Waals surface area contributed by atoms with Crippen molar-refractivity contribution in [3.05, 3.63) is 23.3 Å². The van der Waals surface area contributed by atoms with Gasteiger partial charge in [0.15, 0.2) is 5.79 Å². The zero-order valence-corrected chi connectivity index (χ0v) is 16.8. The lowest BCUT2D eigenvalue weighted by atomic mass is 9.27. The third-order valence-corrected chi connectivity index (χ3v) is 10.5. The van der Waals surface area contributed by atoms with Gasteiger partial charge in [-0.2, -0.15) is 0 Å². The Hall–Kier alpha value is -1.99. The Morgan fingerprint density at radius 3 is 2.23 bits per heavy atom. The third-order valence-electron chi connectivity index (χ3n) is 10.5. The van der Waals surface area contributed by atoms with Gasteiger partial charge in [-0.1, -0.05) is 12.2 Å². The van der Waals surface area contributed by atoms with Crippen LogP contribution in [0.5, 0.6) is 0 Å². The van der Waals surface area contributed by atoms with E-state index in [1.807, 2.05) is 12.2 Å². The fraction of sp³-hybridized carbons (Fsp3) is 0.696. The third kappa shape index (κ3) is 1.09. The first-order valence-corrected chi connectivity index (χ1v) is 10.9. The molecule has 156 valence electrons. The molecule has 0 aromatic carbocycles. The van der Waals surface area contributed by atoms with E-state index in [0.717, 1.165) is 6.42 Å². The Bertz CT molecular complexity index is 1050. The number of ether oxygens (including phenoxy) is 4. The summed E-state index contributed by atoms with van der Waals surface area (Å²) < 4.78 is 23.3. The summed E-state index contributed by atoms with van der Waals surface area (Å²) in [6.07, 6.45) is 5.04. The standard InChI is InChI=1S/C23H22O7/c1-27-19(25)13-10-3-4-11(14(13)20(26)28-2)22-17-9-7-8-12(18(24)21(10,22)16(8)17)15(9)23(22)29-5-6-30-23/h3-4,8-12,15-17H,5-7H2,1-2H3/t8-,9+,10+,11-,12-,15+,16+,17-,21-,22-/m0/s1. The number of methoxy groups -OCH3 is 2. The van der Waals surface area contributed by atoms with Crippen LogP contribution in [0.4, 0.5) is 0 Å². The van der Waals surface area contributed by atoms with E-state index in [-0.39, 0.29) is 23.5 Å². The molecule has 4 bridgehead atoms. The zero-order chi connectivity index (χ0) is 20.4. The van der Waals surface area contributed by atoms with Crippen LogP contribution >= 0.6 is 0 Å². The van der Waals surface area contributed by atoms with Crippen LogP contribution in [0.1, 0.15) is 6.42 Å². The first kappa shape index (κ1) is 16.7. The summed E-state index contributed by atoms with van der Waals surface area (Å²) in [5, 5.41) is 0. The summed E-state index contributed by atoms with van der Waals surface area (Å²) in [4.78, 5) is 40.1. The maximum absolute atomic E-state index is 14.2. The number of fused-ring (bicyclic) bond motifs is 2. The number of carbonyl (C=O) groups is 3. The second kappa shape index (κ2) is 4.46. The van der Waals surface area contributed by atoms with Gasteiger partial charge < -0.3 is 18.9 Å². The van der Waals surface area contributed by atoms with E-state index in [9.17, 15) is 14.4 Å². The van der Waals surface area contributed by atoms with Crippen LogP contribution in [0, 0.1) is 58.2 Å². The van der Waals surface area contributed by atoms with Crippen molar-refractivity contribution in [1.29, 1.82) is 0 Å². The minimum Gasteiger partial charge on any atom is -0.466 e. The van der Waals surface area contributed by atoms with Crippen molar-refractivity contribution < 1.29 is 33.3 Å². The molecule has 8 aliphatic carbocycles. The van der Waals surface area contributed by atoms with Crippen LogP contribution < -0.4 is 0 Å². The lowest BCUT2D eigenvalue weighted by molar-refractivity contribution is -0.353. The van der Waals surface area contributed by atoms with E-state index in [4.69, 9.17) is 18.9 Å². The number of allylic oxidation sites excluding steroid dienone is 2. The zero-order valence-electron chi connectivity index (χ0n) is 16.8. The molecule has 0 aromatic rings. The summed E-state index contributed by atoms with van der Waals surface area (Å²) in [6, 6.07) is 0. The van der Waals surface area contributed by atoms with Gasteiger partial charge in [-0.05, 0) is 30.1 Å². The van der Waals surface area contributed by atoms with Gasteiger partial charge in [-0.15, -0.1) is 0 Å². The van der Waals surface area contributed by atoms with Gasteiger partial charge >= 0.3 is 11.9 Å². The number of esters is 2. The molecule has 0 aromatic heterocycles. The molecule has 1 aliphatic heterocycles. The van der Waals surface area contributed by atoms with Crippen LogP contribution in [0.2, 0.25) is 0 Å². The van der Waals surface area contributed by atoms with Gasteiger partial charge in [0.05, 0.1) is 49.4 Å². The molecule has 1 heterocycles. The lowest BCUT2D eigenvalue weighted by Crippen LogP contribution is -2.81. The maximum Gasteiger partial charge on any atom is 0.334 e. The topological polar surface area (TPSA) is 88.1 Å². The Morgan fingerprint density at radius 1 is 0.933 bits per heavy atom. The first-order valence-electron chi connectivity index (χ1n) is 10.9. The largest absolute Gasteiger partial charge is 0.466 e. The fourth-order valence-electron chi connectivity index (χ4n) is 10.8. The predicted octanol–water partition coefficient (Wildman–Crippen LogP) is 0.885. The molecule has 30 heavy (non-hydrogen) atoms. The highest BCUT2D eigenvalue weighted by Gasteiger charge is 3.03. The molecule has 0 amide bonds. The second-order valence-electron chi connectivity index (χ2n) is 10.3. The van der Waals surface area contributed by atoms with Gasteiger partial charge in [0.1, 0.15) is 5.78 Å². The summed E-state index contributed by atoms with van der Waals surface area (Å²) in [6.45, 7) is 1.01. The maximum atomic E-state index is 14.2. The van der Waals surface area contributed by atoms with Crippen LogP contribution in [0.3, 0.4) is 0 Å². The van der Waals surface area contributed by atoms with Gasteiger partial charge in [0.25, 0.3) is 0 Å². The highest BCUT2D eigenvalue weighted by Crippen LogP contribution is 2.98. The van der Waals surface area contributed by atoms with E-state index in [2.05, 4.69) is 0 Å². The van der Waals surface area contributed by atoms with Crippen molar-refractivity contribution in [3.63, 3.8) is 0 Å². The predicted molar refractivity (Wildman–Crippen MR) is 97.2 cm³/mol. The molecule has 5 saturated carbocycles. The summed E-state index contributed by atoms with van der Waals surface area (Å²) in [5.41, 5.74) is -0.675. The molecule has 9 aliphatic rings. The van der Waals surface area contributed by atoms with Crippen molar-refractivity contribution in [2.24, 2.45) is 58.2 Å². The molecule has 7 nitrogen and oxygen atoms in total. The SMILES string of the molecule is COC(=O)C1=C(C(=O)OC)[C@@H]2C=C[C@H]1[C@]13C(=O)[C@H]4[C@@H]5C[C@@H]6[C@H]4C4(OCCO4)[C@]21[C@@H]6[C@@H]53. The van der Waals surface area contributed by atoms with Gasteiger partial charge in [0.2, 0.25) is 0 Å². The van der Waals surface area contributed by atoms with Crippen LogP contribution in [-0.4, -0.2) is 50.9 Å². The minimum atomic E-state index is -0.836. The highest BCUT2D eigenvalue weighted by atomic mass is 16.7. The second-order valence-corrected chi connectivity index (χ2v) is 10.3. The van der Waals surface area contributed by atoms with E-state index in [1.54, 1.807) is 0 Å². The van der Waals surface area contributed by atoms with Gasteiger partial charge in [0, 0.05) is 23.7 Å². The van der Waals surface area contributed by atoms with E-state index in [1.165, 1.54) is 14.2 Å². The Kier molecular flexibility index (Phi) is 2.48. The number of hydrogen-bond donors (Lipinski definition) is 0. The van der Waals surface area contributed by atoms with Crippen LogP contribution in [-0.2, 0) is 33.3 Å². The summed E-state index contributed by atoms with van der Waals surface area (Å²) >= 11 is 0. The van der Waals surface area contributed by atoms with E-state index < -0.39 is 40.4 Å². The molecule has 1 saturated heterocycles. The van der Waals surface area contributed by atoms with Crippen molar-refractivity contribution in [2.75, 3.05) is 27.4 Å².